The third-order valence-electron chi connectivity index (χ3n) is 4.73. The van der Waals surface area contributed by atoms with Gasteiger partial charge in [-0.1, -0.05) is 12.1 Å². The maximum Gasteiger partial charge on any atom is 0.417 e. The summed E-state index contributed by atoms with van der Waals surface area (Å²) < 4.78 is 45.9. The molecule has 1 atom stereocenters. The number of alkyl halides is 3. The number of phenolic OH excluding ortho intramolecular Hbond substituents is 2. The fourth-order valence-electron chi connectivity index (χ4n) is 3.58. The minimum absolute atomic E-state index is 0.0144. The van der Waals surface area contributed by atoms with Gasteiger partial charge in [-0.25, -0.2) is 0 Å². The number of rotatable bonds is 2. The van der Waals surface area contributed by atoms with Crippen LogP contribution in [0.25, 0.3) is 11.6 Å². The van der Waals surface area contributed by atoms with E-state index in [4.69, 9.17) is 4.42 Å². The number of halogens is 3. The summed E-state index contributed by atoms with van der Waals surface area (Å²) in [5, 5.41) is 28.8. The van der Waals surface area contributed by atoms with Gasteiger partial charge in [0, 0.05) is 11.5 Å². The number of furan rings is 1. The molecule has 28 heavy (non-hydrogen) atoms. The fraction of sp³-hybridized carbons (Fsp3) is 0.0952. The molecule has 4 rings (SSSR count). The van der Waals surface area contributed by atoms with Crippen LogP contribution < -0.4 is 0 Å². The van der Waals surface area contributed by atoms with Crippen LogP contribution in [0, 0.1) is 11.3 Å². The summed E-state index contributed by atoms with van der Waals surface area (Å²) in [5.41, 5.74) is 0.694. The van der Waals surface area contributed by atoms with Gasteiger partial charge < -0.3 is 14.6 Å². The molecule has 0 fully saturated rings. The van der Waals surface area contributed by atoms with Crippen molar-refractivity contribution < 1.29 is 27.8 Å². The molecular weight excluding hydrogens is 371 g/mol. The molecule has 140 valence electrons. The molecule has 0 saturated heterocycles. The molecule has 7 heteroatoms. The van der Waals surface area contributed by atoms with Gasteiger partial charge in [-0.2, -0.15) is 18.4 Å². The highest BCUT2D eigenvalue weighted by Crippen LogP contribution is 2.51. The summed E-state index contributed by atoms with van der Waals surface area (Å²) in [4.78, 5) is 0. The third kappa shape index (κ3) is 2.79. The Morgan fingerprint density at radius 1 is 0.964 bits per heavy atom. The molecule has 2 N–H and O–H groups in total. The summed E-state index contributed by atoms with van der Waals surface area (Å²) in [6, 6.07) is 11.4. The molecule has 0 aliphatic heterocycles. The summed E-state index contributed by atoms with van der Waals surface area (Å²) >= 11 is 0. The zero-order chi connectivity index (χ0) is 20.1. The van der Waals surface area contributed by atoms with Crippen molar-refractivity contribution in [1.82, 2.24) is 0 Å². The standard InChI is InChI=1S/C21H12F3NO3/c22-21(23,24)18-8-13(27)7-17-16(18)9-15(11-1-3-12(26)4-2-11)20(17)14-5-6-28-19(14)10-25/h1-9,20,26-27H. The van der Waals surface area contributed by atoms with Crippen LogP contribution in [0.2, 0.25) is 0 Å². The summed E-state index contributed by atoms with van der Waals surface area (Å²) in [6.07, 6.45) is -1.96. The average Bonchev–Trinajstić information content (AvgIpc) is 3.24. The predicted molar refractivity (Wildman–Crippen MR) is 94.4 cm³/mol. The predicted octanol–water partition coefficient (Wildman–Crippen LogP) is 5.27. The highest BCUT2D eigenvalue weighted by molar-refractivity contribution is 5.95. The Morgan fingerprint density at radius 3 is 2.32 bits per heavy atom. The number of phenols is 2. The highest BCUT2D eigenvalue weighted by Gasteiger charge is 2.40. The molecule has 0 spiro atoms. The summed E-state index contributed by atoms with van der Waals surface area (Å²) in [5.74, 6) is -1.25. The molecule has 1 aliphatic carbocycles. The van der Waals surface area contributed by atoms with Gasteiger partial charge in [0.2, 0.25) is 5.76 Å². The van der Waals surface area contributed by atoms with Crippen molar-refractivity contribution in [2.45, 2.75) is 12.1 Å². The van der Waals surface area contributed by atoms with E-state index in [0.717, 1.165) is 0 Å². The molecule has 1 unspecified atom stereocenters. The minimum atomic E-state index is -4.66. The fourth-order valence-corrected chi connectivity index (χ4v) is 3.58. The number of nitriles is 1. The maximum absolute atomic E-state index is 13.6. The number of fused-ring (bicyclic) bond motifs is 1. The number of aromatic hydroxyl groups is 2. The number of benzene rings is 2. The lowest BCUT2D eigenvalue weighted by Crippen LogP contribution is -2.09. The van der Waals surface area contributed by atoms with Crippen molar-refractivity contribution in [3.63, 3.8) is 0 Å². The van der Waals surface area contributed by atoms with E-state index in [1.165, 1.54) is 36.6 Å². The first-order chi connectivity index (χ1) is 13.3. The van der Waals surface area contributed by atoms with Gasteiger partial charge in [0.05, 0.1) is 11.8 Å². The molecule has 0 saturated carbocycles. The SMILES string of the molecule is N#Cc1occc1C1C(c2ccc(O)cc2)=Cc2c1cc(O)cc2C(F)(F)F. The number of hydrogen-bond donors (Lipinski definition) is 2. The van der Waals surface area contributed by atoms with E-state index >= 15 is 0 Å². The zero-order valence-corrected chi connectivity index (χ0v) is 14.2. The Bertz CT molecular complexity index is 1140. The second-order valence-corrected chi connectivity index (χ2v) is 6.39. The summed E-state index contributed by atoms with van der Waals surface area (Å²) in [7, 11) is 0. The molecule has 1 heterocycles. The number of allylic oxidation sites excluding steroid dienone is 1. The quantitative estimate of drug-likeness (QED) is 0.632. The van der Waals surface area contributed by atoms with Gasteiger partial charge in [0.25, 0.3) is 0 Å². The van der Waals surface area contributed by atoms with Crippen LogP contribution in [0.3, 0.4) is 0 Å². The average molecular weight is 383 g/mol. The van der Waals surface area contributed by atoms with Crippen LogP contribution in [0.5, 0.6) is 11.5 Å². The van der Waals surface area contributed by atoms with E-state index in [1.807, 2.05) is 6.07 Å². The Morgan fingerprint density at radius 2 is 1.68 bits per heavy atom. The molecular formula is C21H12F3NO3. The molecule has 3 aromatic rings. The van der Waals surface area contributed by atoms with E-state index < -0.39 is 23.4 Å². The second-order valence-electron chi connectivity index (χ2n) is 6.39. The minimum Gasteiger partial charge on any atom is -0.508 e. The Labute approximate surface area is 157 Å². The van der Waals surface area contributed by atoms with Crippen molar-refractivity contribution in [3.8, 4) is 17.6 Å². The first kappa shape index (κ1) is 17.7. The van der Waals surface area contributed by atoms with E-state index in [-0.39, 0.29) is 22.6 Å². The Kier molecular flexibility index (Phi) is 3.93. The second kappa shape index (κ2) is 6.20. The Balaban J connectivity index is 2.01. The molecule has 1 aromatic heterocycles. The first-order valence-corrected chi connectivity index (χ1v) is 8.22. The van der Waals surface area contributed by atoms with Crippen LogP contribution in [-0.4, -0.2) is 10.2 Å². The normalized spacial score (nSPS) is 15.8. The van der Waals surface area contributed by atoms with Gasteiger partial charge in [0.1, 0.15) is 17.6 Å². The van der Waals surface area contributed by atoms with Crippen LogP contribution in [0.4, 0.5) is 13.2 Å². The van der Waals surface area contributed by atoms with Gasteiger partial charge in [-0.15, -0.1) is 0 Å². The van der Waals surface area contributed by atoms with Crippen molar-refractivity contribution in [2.24, 2.45) is 0 Å². The lowest BCUT2D eigenvalue weighted by atomic mass is 9.85. The Hall–Kier alpha value is -3.66. The third-order valence-corrected chi connectivity index (χ3v) is 4.73. The molecule has 1 aliphatic rings. The molecule has 0 radical (unpaired) electrons. The van der Waals surface area contributed by atoms with E-state index in [9.17, 15) is 28.6 Å². The summed E-state index contributed by atoms with van der Waals surface area (Å²) in [6.45, 7) is 0. The largest absolute Gasteiger partial charge is 0.508 e. The van der Waals surface area contributed by atoms with Gasteiger partial charge in [-0.3, -0.25) is 0 Å². The molecule has 0 bridgehead atoms. The lowest BCUT2D eigenvalue weighted by Gasteiger charge is -2.18. The lowest BCUT2D eigenvalue weighted by molar-refractivity contribution is -0.137. The van der Waals surface area contributed by atoms with E-state index in [1.54, 1.807) is 12.1 Å². The molecule has 0 amide bonds. The van der Waals surface area contributed by atoms with Gasteiger partial charge in [0.15, 0.2) is 0 Å². The number of hydrogen-bond acceptors (Lipinski definition) is 4. The highest BCUT2D eigenvalue weighted by atomic mass is 19.4. The van der Waals surface area contributed by atoms with Crippen LogP contribution in [-0.2, 0) is 6.18 Å². The van der Waals surface area contributed by atoms with Gasteiger partial charge in [-0.05, 0) is 58.7 Å². The first-order valence-electron chi connectivity index (χ1n) is 8.22. The van der Waals surface area contributed by atoms with Gasteiger partial charge >= 0.3 is 6.18 Å². The topological polar surface area (TPSA) is 77.4 Å². The van der Waals surface area contributed by atoms with Crippen molar-refractivity contribution in [3.05, 3.63) is 82.3 Å². The zero-order valence-electron chi connectivity index (χ0n) is 14.2. The van der Waals surface area contributed by atoms with Crippen LogP contribution in [0.15, 0.2) is 53.1 Å². The molecule has 2 aromatic carbocycles. The van der Waals surface area contributed by atoms with Crippen LogP contribution >= 0.6 is 0 Å². The van der Waals surface area contributed by atoms with Crippen molar-refractivity contribution >= 4 is 11.6 Å². The monoisotopic (exact) mass is 383 g/mol. The maximum atomic E-state index is 13.6. The molecule has 4 nitrogen and oxygen atoms in total. The van der Waals surface area contributed by atoms with Crippen molar-refractivity contribution in [2.75, 3.05) is 0 Å². The van der Waals surface area contributed by atoms with E-state index in [2.05, 4.69) is 0 Å². The smallest absolute Gasteiger partial charge is 0.417 e. The van der Waals surface area contributed by atoms with E-state index in [0.29, 0.717) is 22.8 Å². The number of nitrogens with zero attached hydrogens (tertiary/aromatic N) is 1. The van der Waals surface area contributed by atoms with Crippen LogP contribution in [0.1, 0.15) is 39.5 Å². The van der Waals surface area contributed by atoms with Crippen molar-refractivity contribution in [1.29, 1.82) is 5.26 Å².